The number of aromatic nitrogens is 2. The second-order valence-electron chi connectivity index (χ2n) is 9.04. The number of anilines is 2. The van der Waals surface area contributed by atoms with E-state index in [9.17, 15) is 0 Å². The molecule has 1 aliphatic carbocycles. The van der Waals surface area contributed by atoms with Crippen LogP contribution >= 0.6 is 0 Å². The Morgan fingerprint density at radius 3 is 2.79 bits per heavy atom. The molecule has 0 bridgehead atoms. The van der Waals surface area contributed by atoms with Gasteiger partial charge >= 0.3 is 0 Å². The minimum absolute atomic E-state index is 0.606. The number of nitrogens with one attached hydrogen (secondary N) is 1. The highest BCUT2D eigenvalue weighted by molar-refractivity contribution is 6.76. The van der Waals surface area contributed by atoms with E-state index in [1.54, 1.807) is 0 Å². The van der Waals surface area contributed by atoms with Crippen molar-refractivity contribution >= 4 is 30.5 Å². The molecular weight excluding hydrogens is 362 g/mol. The highest BCUT2D eigenvalue weighted by Gasteiger charge is 2.13. The van der Waals surface area contributed by atoms with Crippen molar-refractivity contribution in [3.63, 3.8) is 0 Å². The Morgan fingerprint density at radius 1 is 1.07 bits per heavy atom. The maximum absolute atomic E-state index is 5.95. The number of aryl methyl sites for hydroxylation is 2. The first-order valence-electron chi connectivity index (χ1n) is 10.4. The molecule has 0 unspecified atom stereocenters. The van der Waals surface area contributed by atoms with E-state index < -0.39 is 8.07 Å². The number of hydrogen-bond acceptors (Lipinski definition) is 3. The Labute approximate surface area is 168 Å². The van der Waals surface area contributed by atoms with Gasteiger partial charge in [-0.25, -0.2) is 4.98 Å². The molecule has 1 aromatic carbocycles. The molecule has 0 fully saturated rings. The topological polar surface area (TPSA) is 39.1 Å². The number of pyridine rings is 1. The Hall–Kier alpha value is -2.11. The van der Waals surface area contributed by atoms with Gasteiger partial charge in [-0.15, -0.1) is 0 Å². The SMILES string of the molecule is C[Si](C)(C)CCOCn1ccc2ccc(Nc3ccc4c(n3)CCCC4)cc21. The number of ether oxygens (including phenoxy) is 1. The molecule has 4 rings (SSSR count). The van der Waals surface area contributed by atoms with Crippen LogP contribution in [0, 0.1) is 0 Å². The summed E-state index contributed by atoms with van der Waals surface area (Å²) in [5.41, 5.74) is 4.93. The Balaban J connectivity index is 1.46. The van der Waals surface area contributed by atoms with Crippen LogP contribution in [-0.2, 0) is 24.3 Å². The smallest absolute Gasteiger partial charge is 0.130 e. The van der Waals surface area contributed by atoms with Crippen molar-refractivity contribution in [3.05, 3.63) is 53.9 Å². The van der Waals surface area contributed by atoms with Crippen molar-refractivity contribution < 1.29 is 4.74 Å². The zero-order valence-corrected chi connectivity index (χ0v) is 18.3. The number of benzene rings is 1. The minimum atomic E-state index is -1.05. The van der Waals surface area contributed by atoms with Crippen LogP contribution in [0.5, 0.6) is 0 Å². The molecule has 2 aromatic heterocycles. The van der Waals surface area contributed by atoms with Crippen molar-refractivity contribution in [1.29, 1.82) is 0 Å². The molecule has 5 heteroatoms. The summed E-state index contributed by atoms with van der Waals surface area (Å²) in [5.74, 6) is 0.935. The maximum Gasteiger partial charge on any atom is 0.130 e. The van der Waals surface area contributed by atoms with Crippen molar-refractivity contribution in [1.82, 2.24) is 9.55 Å². The van der Waals surface area contributed by atoms with E-state index >= 15 is 0 Å². The third kappa shape index (κ3) is 4.65. The predicted molar refractivity (Wildman–Crippen MR) is 120 cm³/mol. The summed E-state index contributed by atoms with van der Waals surface area (Å²) < 4.78 is 8.13. The van der Waals surface area contributed by atoms with Crippen molar-refractivity contribution in [3.8, 4) is 0 Å². The van der Waals surface area contributed by atoms with E-state index in [1.807, 2.05) is 0 Å². The summed E-state index contributed by atoms with van der Waals surface area (Å²) in [5, 5.41) is 4.72. The average Bonchev–Trinajstić information content (AvgIpc) is 3.07. The van der Waals surface area contributed by atoms with Crippen molar-refractivity contribution in [2.45, 2.75) is 58.1 Å². The van der Waals surface area contributed by atoms with E-state index in [-0.39, 0.29) is 0 Å². The molecule has 28 heavy (non-hydrogen) atoms. The molecule has 0 spiro atoms. The normalized spacial score (nSPS) is 14.2. The third-order valence-electron chi connectivity index (χ3n) is 5.45. The van der Waals surface area contributed by atoms with Gasteiger partial charge in [0.15, 0.2) is 0 Å². The molecule has 0 radical (unpaired) electrons. The molecular formula is C23H31N3OSi. The number of rotatable bonds is 7. The van der Waals surface area contributed by atoms with E-state index in [0.29, 0.717) is 6.73 Å². The van der Waals surface area contributed by atoms with Gasteiger partial charge in [-0.2, -0.15) is 0 Å². The molecule has 0 saturated heterocycles. The highest BCUT2D eigenvalue weighted by atomic mass is 28.3. The van der Waals surface area contributed by atoms with Crippen LogP contribution in [-0.4, -0.2) is 24.2 Å². The molecule has 1 aliphatic rings. The van der Waals surface area contributed by atoms with Gasteiger partial charge in [-0.05, 0) is 66.9 Å². The molecule has 0 atom stereocenters. The minimum Gasteiger partial charge on any atom is -0.361 e. The molecule has 0 aliphatic heterocycles. The van der Waals surface area contributed by atoms with E-state index in [2.05, 4.69) is 72.1 Å². The second kappa shape index (κ2) is 8.09. The summed E-state index contributed by atoms with van der Waals surface area (Å²) in [4.78, 5) is 4.84. The lowest BCUT2D eigenvalue weighted by Crippen LogP contribution is -2.21. The van der Waals surface area contributed by atoms with Crippen molar-refractivity contribution in [2.24, 2.45) is 0 Å². The zero-order chi connectivity index (χ0) is 19.6. The number of fused-ring (bicyclic) bond motifs is 2. The van der Waals surface area contributed by atoms with Gasteiger partial charge in [0.25, 0.3) is 0 Å². The Kier molecular flexibility index (Phi) is 5.55. The van der Waals surface area contributed by atoms with Gasteiger partial charge in [-0.3, -0.25) is 0 Å². The summed E-state index contributed by atoms with van der Waals surface area (Å²) in [7, 11) is -1.05. The lowest BCUT2D eigenvalue weighted by atomic mass is 9.96. The molecule has 2 heterocycles. The van der Waals surface area contributed by atoms with Gasteiger partial charge in [0.05, 0.1) is 5.52 Å². The second-order valence-corrected chi connectivity index (χ2v) is 14.7. The molecule has 148 valence electrons. The van der Waals surface area contributed by atoms with Crippen LogP contribution in [0.4, 0.5) is 11.5 Å². The van der Waals surface area contributed by atoms with Crippen molar-refractivity contribution in [2.75, 3.05) is 11.9 Å². The molecule has 3 aromatic rings. The van der Waals surface area contributed by atoms with Gasteiger partial charge in [0.1, 0.15) is 12.5 Å². The Morgan fingerprint density at radius 2 is 1.93 bits per heavy atom. The summed E-state index contributed by atoms with van der Waals surface area (Å²) in [6.45, 7) is 8.59. The first kappa shape index (κ1) is 19.2. The van der Waals surface area contributed by atoms with Crippen LogP contribution in [0.1, 0.15) is 24.1 Å². The largest absolute Gasteiger partial charge is 0.361 e. The zero-order valence-electron chi connectivity index (χ0n) is 17.3. The summed E-state index contributed by atoms with van der Waals surface area (Å²) in [6.07, 6.45) is 6.91. The quantitative estimate of drug-likeness (QED) is 0.397. The standard InChI is InChI=1S/C23H31N3OSi/c1-28(2,3)15-14-27-17-26-13-12-19-8-10-20(16-22(19)26)24-23-11-9-18-6-4-5-7-21(18)25-23/h8-13,16H,4-7,14-15,17H2,1-3H3,(H,24,25). The van der Waals surface area contributed by atoms with Gasteiger partial charge in [0.2, 0.25) is 0 Å². The lowest BCUT2D eigenvalue weighted by molar-refractivity contribution is 0.0902. The van der Waals surface area contributed by atoms with Gasteiger partial charge < -0.3 is 14.6 Å². The van der Waals surface area contributed by atoms with E-state index in [1.165, 1.54) is 47.5 Å². The van der Waals surface area contributed by atoms with E-state index in [4.69, 9.17) is 9.72 Å². The molecule has 1 N–H and O–H groups in total. The summed E-state index contributed by atoms with van der Waals surface area (Å²) in [6, 6.07) is 14.2. The first-order valence-corrected chi connectivity index (χ1v) is 14.1. The van der Waals surface area contributed by atoms with Crippen LogP contribution in [0.3, 0.4) is 0 Å². The Bertz CT molecular complexity index is 958. The summed E-state index contributed by atoms with van der Waals surface area (Å²) >= 11 is 0. The number of nitrogens with zero attached hydrogens (tertiary/aromatic N) is 2. The predicted octanol–water partition coefficient (Wildman–Crippen LogP) is 5.97. The fourth-order valence-corrected chi connectivity index (χ4v) is 4.47. The van der Waals surface area contributed by atoms with Crippen LogP contribution < -0.4 is 5.32 Å². The van der Waals surface area contributed by atoms with Gasteiger partial charge in [-0.1, -0.05) is 31.8 Å². The monoisotopic (exact) mass is 393 g/mol. The van der Waals surface area contributed by atoms with Crippen LogP contribution in [0.15, 0.2) is 42.6 Å². The molecule has 0 saturated carbocycles. The highest BCUT2D eigenvalue weighted by Crippen LogP contribution is 2.25. The van der Waals surface area contributed by atoms with Crippen LogP contribution in [0.25, 0.3) is 10.9 Å². The first-order chi connectivity index (χ1) is 13.5. The van der Waals surface area contributed by atoms with E-state index in [0.717, 1.165) is 24.5 Å². The van der Waals surface area contributed by atoms with Crippen LogP contribution in [0.2, 0.25) is 25.7 Å². The maximum atomic E-state index is 5.95. The molecule has 0 amide bonds. The van der Waals surface area contributed by atoms with Gasteiger partial charge in [0, 0.05) is 32.3 Å². The third-order valence-corrected chi connectivity index (χ3v) is 7.16. The fraction of sp³-hybridized carbons (Fsp3) is 0.435. The molecule has 4 nitrogen and oxygen atoms in total. The number of hydrogen-bond donors (Lipinski definition) is 1. The fourth-order valence-electron chi connectivity index (χ4n) is 3.72. The average molecular weight is 394 g/mol. The lowest BCUT2D eigenvalue weighted by Gasteiger charge is -2.16.